The number of ether oxygens (including phenoxy) is 1. The average Bonchev–Trinajstić information content (AvgIpc) is 2.49. The zero-order valence-corrected chi connectivity index (χ0v) is 15.1. The number of benzene rings is 1. The van der Waals surface area contributed by atoms with Crippen molar-refractivity contribution in [3.8, 4) is 11.5 Å². The Morgan fingerprint density at radius 3 is 2.70 bits per heavy atom. The Bertz CT molecular complexity index is 509. The number of hydrogen-bond donors (Lipinski definition) is 1. The van der Waals surface area contributed by atoms with Crippen LogP contribution in [-0.4, -0.2) is 54.4 Å². The Labute approximate surface area is 145 Å². The van der Waals surface area contributed by atoms with Crippen molar-refractivity contribution in [1.29, 1.82) is 0 Å². The molecule has 0 aliphatic heterocycles. The van der Waals surface area contributed by atoms with Crippen molar-refractivity contribution in [1.82, 2.24) is 4.90 Å². The van der Waals surface area contributed by atoms with Crippen LogP contribution in [0.1, 0.15) is 18.4 Å². The van der Waals surface area contributed by atoms with Crippen LogP contribution in [0.25, 0.3) is 0 Å². The number of ketones is 1. The van der Waals surface area contributed by atoms with Crippen molar-refractivity contribution in [2.45, 2.75) is 19.3 Å². The number of Topliss-reactive ketones (excluding diaryl/α,β-unsaturated/α-hetero) is 1. The summed E-state index contributed by atoms with van der Waals surface area (Å²) in [6.07, 6.45) is 1.55. The quantitative estimate of drug-likeness (QED) is 0.350. The molecule has 0 heterocycles. The first-order valence-corrected chi connectivity index (χ1v) is 9.84. The first-order valence-electron chi connectivity index (χ1n) is 7.36. The molecule has 0 saturated carbocycles. The van der Waals surface area contributed by atoms with Crippen LogP contribution in [0.5, 0.6) is 11.5 Å². The summed E-state index contributed by atoms with van der Waals surface area (Å²) in [5, 5.41) is 9.82. The third-order valence-corrected chi connectivity index (χ3v) is 5.49. The van der Waals surface area contributed by atoms with E-state index in [1.54, 1.807) is 22.9 Å². The van der Waals surface area contributed by atoms with E-state index < -0.39 is 0 Å². The lowest BCUT2D eigenvalue weighted by atomic mass is 10.0. The van der Waals surface area contributed by atoms with Gasteiger partial charge in [0, 0.05) is 42.5 Å². The molecule has 1 N–H and O–H groups in total. The zero-order valence-electron chi connectivity index (χ0n) is 13.5. The lowest BCUT2D eigenvalue weighted by Crippen LogP contribution is -2.14. The minimum atomic E-state index is -0.0219. The fourth-order valence-corrected chi connectivity index (χ4v) is 4.01. The smallest absolute Gasteiger partial charge is 0.298 e. The molecule has 0 fully saturated rings. The minimum Gasteiger partial charge on any atom is -0.508 e. The molecule has 0 atom stereocenters. The van der Waals surface area contributed by atoms with E-state index >= 15 is 0 Å². The van der Waals surface area contributed by atoms with Gasteiger partial charge in [0.2, 0.25) is 0 Å². The van der Waals surface area contributed by atoms with Gasteiger partial charge in [-0.05, 0) is 26.6 Å². The van der Waals surface area contributed by atoms with E-state index in [1.165, 1.54) is 6.07 Å². The van der Waals surface area contributed by atoms with Crippen LogP contribution in [0, 0.1) is 0 Å². The molecule has 1 rings (SSSR count). The number of phenols is 1. The first kappa shape index (κ1) is 19.9. The molecular weight excluding hydrogens is 334 g/mol. The SMILES string of the molecule is CN(C)CCSSCCCC(=O)Cc1ccc(OC=O)cc1O. The van der Waals surface area contributed by atoms with Gasteiger partial charge in [0.1, 0.15) is 17.3 Å². The fourth-order valence-electron chi connectivity index (χ4n) is 1.79. The third-order valence-electron chi connectivity index (χ3n) is 3.02. The predicted octanol–water partition coefficient (Wildman–Crippen LogP) is 2.76. The third kappa shape index (κ3) is 8.88. The lowest BCUT2D eigenvalue weighted by Gasteiger charge is -2.08. The molecule has 23 heavy (non-hydrogen) atoms. The minimum absolute atomic E-state index is 0.0219. The Hall–Kier alpha value is -1.18. The van der Waals surface area contributed by atoms with Crippen LogP contribution >= 0.6 is 21.6 Å². The summed E-state index contributed by atoms with van der Waals surface area (Å²) in [5.74, 6) is 2.37. The standard InChI is InChI=1S/C16H23NO4S2/c1-17(2)7-9-23-22-8-3-4-14(19)10-13-5-6-15(21-12-18)11-16(13)20/h5-6,11-12,20H,3-4,7-10H2,1-2H3. The van der Waals surface area contributed by atoms with Crippen LogP contribution in [0.3, 0.4) is 0 Å². The van der Waals surface area contributed by atoms with Gasteiger partial charge in [0.05, 0.1) is 0 Å². The van der Waals surface area contributed by atoms with Gasteiger partial charge in [0.15, 0.2) is 0 Å². The number of nitrogens with zero attached hydrogens (tertiary/aromatic N) is 1. The van der Waals surface area contributed by atoms with Crippen molar-refractivity contribution >= 4 is 33.8 Å². The van der Waals surface area contributed by atoms with E-state index in [0.29, 0.717) is 18.5 Å². The van der Waals surface area contributed by atoms with Crippen LogP contribution in [0.15, 0.2) is 18.2 Å². The maximum absolute atomic E-state index is 11.9. The molecule has 0 unspecified atom stereocenters. The Morgan fingerprint density at radius 2 is 2.04 bits per heavy atom. The summed E-state index contributed by atoms with van der Waals surface area (Å²) in [5.41, 5.74) is 0.557. The highest BCUT2D eigenvalue weighted by molar-refractivity contribution is 8.76. The predicted molar refractivity (Wildman–Crippen MR) is 96.2 cm³/mol. The van der Waals surface area contributed by atoms with Crippen LogP contribution in [-0.2, 0) is 16.0 Å². The summed E-state index contributed by atoms with van der Waals surface area (Å²) in [4.78, 5) is 24.3. The van der Waals surface area contributed by atoms with Crippen molar-refractivity contribution in [3.63, 3.8) is 0 Å². The Morgan fingerprint density at radius 1 is 1.30 bits per heavy atom. The number of phenolic OH excluding ortho intramolecular Hbond substituents is 1. The summed E-state index contributed by atoms with van der Waals surface area (Å²) >= 11 is 0. The maximum atomic E-state index is 11.9. The largest absolute Gasteiger partial charge is 0.508 e. The van der Waals surface area contributed by atoms with Gasteiger partial charge in [-0.1, -0.05) is 27.7 Å². The fraction of sp³-hybridized carbons (Fsp3) is 0.500. The van der Waals surface area contributed by atoms with Gasteiger partial charge in [-0.2, -0.15) is 0 Å². The highest BCUT2D eigenvalue weighted by atomic mass is 33.1. The summed E-state index contributed by atoms with van der Waals surface area (Å²) in [7, 11) is 7.73. The van der Waals surface area contributed by atoms with Crippen LogP contribution in [0.2, 0.25) is 0 Å². The van der Waals surface area contributed by atoms with Gasteiger partial charge in [-0.25, -0.2) is 0 Å². The highest BCUT2D eigenvalue weighted by Crippen LogP contribution is 2.25. The van der Waals surface area contributed by atoms with Crippen molar-refractivity contribution in [2.24, 2.45) is 0 Å². The summed E-state index contributed by atoms with van der Waals surface area (Å²) in [6.45, 7) is 1.35. The van der Waals surface area contributed by atoms with Gasteiger partial charge in [-0.3, -0.25) is 9.59 Å². The number of aromatic hydroxyl groups is 1. The molecule has 0 aromatic heterocycles. The topological polar surface area (TPSA) is 66.8 Å². The first-order chi connectivity index (χ1) is 11.0. The highest BCUT2D eigenvalue weighted by Gasteiger charge is 2.09. The van der Waals surface area contributed by atoms with E-state index in [2.05, 4.69) is 23.7 Å². The van der Waals surface area contributed by atoms with Gasteiger partial charge < -0.3 is 14.7 Å². The molecule has 0 bridgehead atoms. The molecule has 1 aromatic carbocycles. The van der Waals surface area contributed by atoms with Crippen molar-refractivity contribution in [3.05, 3.63) is 23.8 Å². The normalized spacial score (nSPS) is 10.7. The average molecular weight is 357 g/mol. The van der Waals surface area contributed by atoms with Crippen LogP contribution < -0.4 is 4.74 Å². The molecule has 0 radical (unpaired) electrons. The molecule has 1 aromatic rings. The summed E-state index contributed by atoms with van der Waals surface area (Å²) < 4.78 is 4.64. The van der Waals surface area contributed by atoms with Gasteiger partial charge >= 0.3 is 0 Å². The Balaban J connectivity index is 2.22. The molecule has 0 aliphatic rings. The van der Waals surface area contributed by atoms with Crippen molar-refractivity contribution < 1.29 is 19.4 Å². The number of rotatable bonds is 12. The number of hydrogen-bond acceptors (Lipinski definition) is 7. The van der Waals surface area contributed by atoms with E-state index in [9.17, 15) is 14.7 Å². The molecular formula is C16H23NO4S2. The molecule has 0 spiro atoms. The molecule has 128 valence electrons. The maximum Gasteiger partial charge on any atom is 0.298 e. The molecule has 7 heteroatoms. The van der Waals surface area contributed by atoms with E-state index in [0.717, 1.165) is 24.5 Å². The second kappa shape index (κ2) is 11.4. The lowest BCUT2D eigenvalue weighted by molar-refractivity contribution is -0.121. The van der Waals surface area contributed by atoms with Crippen molar-refractivity contribution in [2.75, 3.05) is 32.1 Å². The van der Waals surface area contributed by atoms with Gasteiger partial charge in [0.25, 0.3) is 6.47 Å². The second-order valence-corrected chi connectivity index (χ2v) is 7.97. The van der Waals surface area contributed by atoms with Gasteiger partial charge in [-0.15, -0.1) is 0 Å². The monoisotopic (exact) mass is 357 g/mol. The van der Waals surface area contributed by atoms with E-state index in [-0.39, 0.29) is 23.7 Å². The number of carbonyl (C=O) groups excluding carboxylic acids is 2. The van der Waals surface area contributed by atoms with Crippen LogP contribution in [0.4, 0.5) is 0 Å². The van der Waals surface area contributed by atoms with E-state index in [4.69, 9.17) is 0 Å². The second-order valence-electron chi connectivity index (χ2n) is 5.27. The van der Waals surface area contributed by atoms with E-state index in [1.807, 2.05) is 10.8 Å². The molecule has 0 saturated heterocycles. The zero-order chi connectivity index (χ0) is 17.1. The Kier molecular flexibility index (Phi) is 9.82. The molecule has 5 nitrogen and oxygen atoms in total. The summed E-state index contributed by atoms with van der Waals surface area (Å²) in [6, 6.07) is 4.51. The molecule has 0 amide bonds. The number of carbonyl (C=O) groups is 2. The molecule has 0 aliphatic carbocycles.